The van der Waals surface area contributed by atoms with Gasteiger partial charge in [-0.1, -0.05) is 0 Å². The molecule has 1 heterocycles. The summed E-state index contributed by atoms with van der Waals surface area (Å²) in [7, 11) is 0. The third kappa shape index (κ3) is 2.81. The van der Waals surface area contributed by atoms with Crippen LogP contribution in [0, 0.1) is 27.6 Å². The molecule has 4 nitrogen and oxygen atoms in total. The number of halogens is 2. The number of hydrogen-bond acceptors (Lipinski definition) is 3. The second-order valence-electron chi connectivity index (χ2n) is 3.96. The summed E-state index contributed by atoms with van der Waals surface area (Å²) in [6.07, 6.45) is 1.49. The van der Waals surface area contributed by atoms with Gasteiger partial charge < -0.3 is 0 Å². The van der Waals surface area contributed by atoms with Crippen molar-refractivity contribution in [3.63, 3.8) is 0 Å². The van der Waals surface area contributed by atoms with Crippen LogP contribution in [-0.4, -0.2) is 9.55 Å². The number of aryl methyl sites for hydroxylation is 1. The van der Waals surface area contributed by atoms with Crippen molar-refractivity contribution in [3.8, 4) is 6.07 Å². The predicted molar refractivity (Wildman–Crippen MR) is 76.2 cm³/mol. The minimum atomic E-state index is -0.432. The lowest BCUT2D eigenvalue weighted by molar-refractivity contribution is 0.620. The van der Waals surface area contributed by atoms with E-state index in [9.17, 15) is 9.18 Å². The van der Waals surface area contributed by atoms with Gasteiger partial charge in [-0.25, -0.2) is 9.37 Å². The van der Waals surface area contributed by atoms with Crippen LogP contribution in [0.3, 0.4) is 0 Å². The Morgan fingerprint density at radius 3 is 2.95 bits per heavy atom. The molecule has 0 bridgehead atoms. The molecule has 0 radical (unpaired) electrons. The predicted octanol–water partition coefficient (Wildman–Crippen LogP) is 2.22. The highest BCUT2D eigenvalue weighted by atomic mass is 127. The summed E-state index contributed by atoms with van der Waals surface area (Å²) in [6.45, 7) is 1.83. The van der Waals surface area contributed by atoms with E-state index < -0.39 is 5.82 Å². The van der Waals surface area contributed by atoms with E-state index in [1.165, 1.54) is 29.0 Å². The molecule has 0 aliphatic rings. The lowest BCUT2D eigenvalue weighted by Crippen LogP contribution is -2.26. The van der Waals surface area contributed by atoms with Gasteiger partial charge in [0.05, 0.1) is 21.7 Å². The summed E-state index contributed by atoms with van der Waals surface area (Å²) in [5.41, 5.74) is 0.629. The summed E-state index contributed by atoms with van der Waals surface area (Å²) in [4.78, 5) is 16.1. The Morgan fingerprint density at radius 2 is 2.26 bits per heavy atom. The van der Waals surface area contributed by atoms with E-state index >= 15 is 0 Å². The molecule has 0 fully saturated rings. The summed E-state index contributed by atoms with van der Waals surface area (Å²) in [5, 5.41) is 9.00. The summed E-state index contributed by atoms with van der Waals surface area (Å²) in [5.74, 6) is 0.0943. The van der Waals surface area contributed by atoms with E-state index in [4.69, 9.17) is 5.26 Å². The summed E-state index contributed by atoms with van der Waals surface area (Å²) >= 11 is 1.90. The molecule has 0 spiro atoms. The number of nitrogens with zero attached hydrogens (tertiary/aromatic N) is 3. The maximum absolute atomic E-state index is 13.3. The average molecular weight is 369 g/mol. The van der Waals surface area contributed by atoms with Gasteiger partial charge in [0.2, 0.25) is 0 Å². The van der Waals surface area contributed by atoms with Crippen molar-refractivity contribution >= 4 is 22.6 Å². The Labute approximate surface area is 122 Å². The number of benzene rings is 1. The first-order valence-corrected chi connectivity index (χ1v) is 6.51. The van der Waals surface area contributed by atoms with E-state index in [2.05, 4.69) is 4.98 Å². The van der Waals surface area contributed by atoms with Crippen molar-refractivity contribution in [2.75, 3.05) is 0 Å². The molecule has 2 aromatic rings. The quantitative estimate of drug-likeness (QED) is 0.763. The van der Waals surface area contributed by atoms with Crippen LogP contribution in [0.25, 0.3) is 0 Å². The van der Waals surface area contributed by atoms with Crippen molar-refractivity contribution in [2.45, 2.75) is 13.5 Å². The summed E-state index contributed by atoms with van der Waals surface area (Å²) < 4.78 is 15.2. The molecule has 0 aliphatic heterocycles. The van der Waals surface area contributed by atoms with Gasteiger partial charge in [-0.3, -0.25) is 9.36 Å². The zero-order valence-corrected chi connectivity index (χ0v) is 12.2. The second kappa shape index (κ2) is 5.48. The van der Waals surface area contributed by atoms with E-state index in [-0.39, 0.29) is 12.1 Å². The third-order valence-electron chi connectivity index (χ3n) is 2.72. The van der Waals surface area contributed by atoms with Crippen LogP contribution in [-0.2, 0) is 6.54 Å². The van der Waals surface area contributed by atoms with Crippen molar-refractivity contribution in [1.82, 2.24) is 9.55 Å². The zero-order chi connectivity index (χ0) is 14.0. The van der Waals surface area contributed by atoms with Gasteiger partial charge in [-0.2, -0.15) is 5.26 Å². The van der Waals surface area contributed by atoms with E-state index in [1.54, 1.807) is 6.92 Å². The molecule has 0 atom stereocenters. The van der Waals surface area contributed by atoms with Gasteiger partial charge in [-0.15, -0.1) is 0 Å². The fourth-order valence-electron chi connectivity index (χ4n) is 1.71. The maximum Gasteiger partial charge on any atom is 0.267 e. The molecule has 0 N–H and O–H groups in total. The maximum atomic E-state index is 13.3. The number of aromatic nitrogens is 2. The van der Waals surface area contributed by atoms with E-state index in [0.717, 1.165) is 0 Å². The average Bonchev–Trinajstić information content (AvgIpc) is 2.39. The molecule has 1 aromatic heterocycles. The van der Waals surface area contributed by atoms with Crippen molar-refractivity contribution in [2.24, 2.45) is 0 Å². The molecule has 0 saturated carbocycles. The molecule has 0 amide bonds. The molecule has 1 aromatic carbocycles. The second-order valence-corrected chi connectivity index (χ2v) is 5.12. The smallest absolute Gasteiger partial charge is 0.267 e. The molecule has 96 valence electrons. The lowest BCUT2D eigenvalue weighted by atomic mass is 10.1. The lowest BCUT2D eigenvalue weighted by Gasteiger charge is -2.10. The van der Waals surface area contributed by atoms with Crippen molar-refractivity contribution in [3.05, 3.63) is 61.1 Å². The standard InChI is InChI=1S/C13H9FIN3O/c1-8-17-6-12(15)13(19)18(8)7-10-4-11(14)3-2-9(10)5-16/h2-4,6H,7H2,1H3. The minimum Gasteiger partial charge on any atom is -0.291 e. The fourth-order valence-corrected chi connectivity index (χ4v) is 2.14. The van der Waals surface area contributed by atoms with Gasteiger partial charge in [0.1, 0.15) is 11.6 Å². The normalized spacial score (nSPS) is 10.2. The van der Waals surface area contributed by atoms with Crippen LogP contribution in [0.1, 0.15) is 17.0 Å². The van der Waals surface area contributed by atoms with Crippen LogP contribution < -0.4 is 5.56 Å². The van der Waals surface area contributed by atoms with E-state index in [1.807, 2.05) is 28.7 Å². The Morgan fingerprint density at radius 1 is 1.53 bits per heavy atom. The van der Waals surface area contributed by atoms with Crippen molar-refractivity contribution < 1.29 is 4.39 Å². The van der Waals surface area contributed by atoms with Gasteiger partial charge >= 0.3 is 0 Å². The molecule has 6 heteroatoms. The van der Waals surface area contributed by atoms with Gasteiger partial charge in [0.25, 0.3) is 5.56 Å². The van der Waals surface area contributed by atoms with Gasteiger partial charge in [0, 0.05) is 6.20 Å². The molecule has 19 heavy (non-hydrogen) atoms. The monoisotopic (exact) mass is 369 g/mol. The van der Waals surface area contributed by atoms with Crippen LogP contribution >= 0.6 is 22.6 Å². The first-order valence-electron chi connectivity index (χ1n) is 5.43. The van der Waals surface area contributed by atoms with Crippen LogP contribution in [0.15, 0.2) is 29.2 Å². The first-order chi connectivity index (χ1) is 9.02. The van der Waals surface area contributed by atoms with Gasteiger partial charge in [0.15, 0.2) is 0 Å². The van der Waals surface area contributed by atoms with Crippen LogP contribution in [0.4, 0.5) is 4.39 Å². The van der Waals surface area contributed by atoms with Gasteiger partial charge in [-0.05, 0) is 53.3 Å². The topological polar surface area (TPSA) is 58.7 Å². The molecular weight excluding hydrogens is 360 g/mol. The number of rotatable bonds is 2. The van der Waals surface area contributed by atoms with Crippen LogP contribution in [0.2, 0.25) is 0 Å². The molecule has 0 unspecified atom stereocenters. The highest BCUT2D eigenvalue weighted by Crippen LogP contribution is 2.12. The molecule has 2 rings (SSSR count). The Hall–Kier alpha value is -1.75. The Kier molecular flexibility index (Phi) is 3.95. The Bertz CT molecular complexity index is 734. The molecule has 0 saturated heterocycles. The SMILES string of the molecule is Cc1ncc(I)c(=O)n1Cc1cc(F)ccc1C#N. The first kappa shape index (κ1) is 13.7. The molecular formula is C13H9FIN3O. The summed E-state index contributed by atoms with van der Waals surface area (Å²) in [6, 6.07) is 5.90. The fraction of sp³-hybridized carbons (Fsp3) is 0.154. The Balaban J connectivity index is 2.54. The largest absolute Gasteiger partial charge is 0.291 e. The zero-order valence-electron chi connectivity index (χ0n) is 10.0. The molecule has 0 aliphatic carbocycles. The number of nitriles is 1. The highest BCUT2D eigenvalue weighted by molar-refractivity contribution is 14.1. The van der Waals surface area contributed by atoms with E-state index in [0.29, 0.717) is 20.5 Å². The van der Waals surface area contributed by atoms with Crippen LogP contribution in [0.5, 0.6) is 0 Å². The van der Waals surface area contributed by atoms with Crippen molar-refractivity contribution in [1.29, 1.82) is 5.26 Å². The minimum absolute atomic E-state index is 0.134. The number of hydrogen-bond donors (Lipinski definition) is 0. The third-order valence-corrected chi connectivity index (χ3v) is 3.46. The highest BCUT2D eigenvalue weighted by Gasteiger charge is 2.10.